The predicted octanol–water partition coefficient (Wildman–Crippen LogP) is 2.23. The van der Waals surface area contributed by atoms with Gasteiger partial charge in [0.2, 0.25) is 0 Å². The van der Waals surface area contributed by atoms with Gasteiger partial charge in [-0.3, -0.25) is 0 Å². The first-order chi connectivity index (χ1) is 5.48. The highest BCUT2D eigenvalue weighted by atomic mass is 127. The van der Waals surface area contributed by atoms with E-state index >= 15 is 0 Å². The largest absolute Gasteiger partial charge is 0.309 e. The minimum absolute atomic E-state index is 0.143. The SMILES string of the molecule is CN(C)CCCC(C)(I)N=C=N. The molecule has 0 aromatic carbocycles. The first kappa shape index (κ1) is 12.1. The molecule has 0 spiro atoms. The van der Waals surface area contributed by atoms with Crippen LogP contribution in [0.3, 0.4) is 0 Å². The average Bonchev–Trinajstić information content (AvgIpc) is 1.85. The molecule has 0 aliphatic heterocycles. The van der Waals surface area contributed by atoms with Crippen LogP contribution in [-0.2, 0) is 0 Å². The lowest BCUT2D eigenvalue weighted by molar-refractivity contribution is 0.385. The van der Waals surface area contributed by atoms with Crippen molar-refractivity contribution in [2.45, 2.75) is 23.3 Å². The molecule has 0 bridgehead atoms. The summed E-state index contributed by atoms with van der Waals surface area (Å²) in [6, 6.07) is 2.10. The highest BCUT2D eigenvalue weighted by Gasteiger charge is 2.16. The van der Waals surface area contributed by atoms with Crippen molar-refractivity contribution < 1.29 is 0 Å². The molecule has 0 saturated heterocycles. The minimum atomic E-state index is -0.143. The number of hydrogen-bond donors (Lipinski definition) is 1. The van der Waals surface area contributed by atoms with Crippen LogP contribution < -0.4 is 0 Å². The molecule has 3 nitrogen and oxygen atoms in total. The van der Waals surface area contributed by atoms with Crippen molar-refractivity contribution >= 4 is 28.6 Å². The molecular formula is C8H16IN3. The Bertz CT molecular complexity index is 171. The van der Waals surface area contributed by atoms with Crippen molar-refractivity contribution in [2.24, 2.45) is 4.99 Å². The second-order valence-corrected chi connectivity index (χ2v) is 5.60. The zero-order valence-electron chi connectivity index (χ0n) is 7.89. The first-order valence-electron chi connectivity index (χ1n) is 3.95. The Balaban J connectivity index is 3.68. The molecule has 0 aromatic heterocycles. The van der Waals surface area contributed by atoms with Crippen LogP contribution in [0.15, 0.2) is 4.99 Å². The third kappa shape index (κ3) is 6.76. The molecule has 1 N–H and O–H groups in total. The normalized spacial score (nSPS) is 15.4. The first-order valence-corrected chi connectivity index (χ1v) is 5.03. The van der Waals surface area contributed by atoms with Crippen LogP contribution in [0, 0.1) is 5.41 Å². The van der Waals surface area contributed by atoms with E-state index in [4.69, 9.17) is 5.41 Å². The molecule has 70 valence electrons. The Hall–Kier alpha value is 0.0700. The van der Waals surface area contributed by atoms with Crippen LogP contribution in [0.5, 0.6) is 0 Å². The van der Waals surface area contributed by atoms with Gasteiger partial charge in [0.15, 0.2) is 0 Å². The number of aliphatic imine (C=N–C) groups is 1. The van der Waals surface area contributed by atoms with Gasteiger partial charge in [0.1, 0.15) is 3.55 Å². The maximum absolute atomic E-state index is 6.75. The molecule has 0 saturated carbocycles. The van der Waals surface area contributed by atoms with E-state index in [-0.39, 0.29) is 3.55 Å². The number of nitrogens with one attached hydrogen (secondary N) is 1. The van der Waals surface area contributed by atoms with Crippen LogP contribution in [0.25, 0.3) is 0 Å². The van der Waals surface area contributed by atoms with Crippen molar-refractivity contribution in [3.63, 3.8) is 0 Å². The van der Waals surface area contributed by atoms with E-state index in [0.717, 1.165) is 19.4 Å². The lowest BCUT2D eigenvalue weighted by Gasteiger charge is -2.16. The second kappa shape index (κ2) is 5.67. The summed E-state index contributed by atoms with van der Waals surface area (Å²) in [5.74, 6) is 0. The summed E-state index contributed by atoms with van der Waals surface area (Å²) in [6.45, 7) is 3.09. The number of alkyl halides is 1. The van der Waals surface area contributed by atoms with E-state index in [0.29, 0.717) is 0 Å². The third-order valence-corrected chi connectivity index (χ3v) is 2.31. The fourth-order valence-electron chi connectivity index (χ4n) is 0.890. The number of halogens is 1. The van der Waals surface area contributed by atoms with Crippen molar-refractivity contribution in [1.82, 2.24) is 4.90 Å². The summed E-state index contributed by atoms with van der Waals surface area (Å²) >= 11 is 2.25. The molecule has 0 radical (unpaired) electrons. The standard InChI is InChI=1S/C8H16IN3/c1-8(9,11-7-10)5-4-6-12(2)3/h10H,4-6H2,1-3H3. The quantitative estimate of drug-likeness (QED) is 0.357. The van der Waals surface area contributed by atoms with E-state index in [1.807, 2.05) is 6.92 Å². The van der Waals surface area contributed by atoms with Crippen molar-refractivity contribution in [2.75, 3.05) is 20.6 Å². The van der Waals surface area contributed by atoms with Crippen LogP contribution in [0.1, 0.15) is 19.8 Å². The third-order valence-electron chi connectivity index (χ3n) is 1.53. The van der Waals surface area contributed by atoms with Gasteiger partial charge in [0.25, 0.3) is 0 Å². The molecule has 0 aliphatic rings. The molecule has 0 fully saturated rings. The molecule has 1 atom stereocenters. The zero-order chi connectivity index (χ0) is 9.61. The summed E-state index contributed by atoms with van der Waals surface area (Å²) < 4.78 is -0.143. The molecule has 0 heterocycles. The summed E-state index contributed by atoms with van der Waals surface area (Å²) in [5, 5.41) is 6.75. The Morgan fingerprint density at radius 3 is 2.58 bits per heavy atom. The summed E-state index contributed by atoms with van der Waals surface area (Å²) in [6.07, 6.45) is 2.11. The molecule has 4 heteroatoms. The van der Waals surface area contributed by atoms with E-state index in [1.165, 1.54) is 0 Å². The molecule has 0 amide bonds. The van der Waals surface area contributed by atoms with Gasteiger partial charge in [-0.25, -0.2) is 10.4 Å². The molecule has 0 aliphatic carbocycles. The van der Waals surface area contributed by atoms with Crippen LogP contribution in [-0.4, -0.2) is 35.1 Å². The predicted molar refractivity (Wildman–Crippen MR) is 60.4 cm³/mol. The fraction of sp³-hybridized carbons (Fsp3) is 0.875. The maximum atomic E-state index is 6.75. The zero-order valence-corrected chi connectivity index (χ0v) is 10.1. The van der Waals surface area contributed by atoms with Gasteiger partial charge in [-0.15, -0.1) is 0 Å². The van der Waals surface area contributed by atoms with Gasteiger partial charge in [-0.1, -0.05) is 22.6 Å². The fourth-order valence-corrected chi connectivity index (χ4v) is 1.39. The van der Waals surface area contributed by atoms with E-state index < -0.39 is 0 Å². The molecule has 0 rings (SSSR count). The number of hydrogen-bond acceptors (Lipinski definition) is 3. The van der Waals surface area contributed by atoms with Crippen LogP contribution in [0.2, 0.25) is 0 Å². The Labute approximate surface area is 87.9 Å². The van der Waals surface area contributed by atoms with Crippen molar-refractivity contribution in [3.05, 3.63) is 0 Å². The molecule has 12 heavy (non-hydrogen) atoms. The van der Waals surface area contributed by atoms with Crippen LogP contribution >= 0.6 is 22.6 Å². The second-order valence-electron chi connectivity index (χ2n) is 3.27. The minimum Gasteiger partial charge on any atom is -0.309 e. The van der Waals surface area contributed by atoms with Gasteiger partial charge in [-0.05, 0) is 40.4 Å². The maximum Gasteiger partial charge on any atom is 0.120 e. The summed E-state index contributed by atoms with van der Waals surface area (Å²) in [7, 11) is 4.12. The van der Waals surface area contributed by atoms with E-state index in [9.17, 15) is 0 Å². The van der Waals surface area contributed by atoms with Crippen molar-refractivity contribution in [1.29, 1.82) is 5.41 Å². The van der Waals surface area contributed by atoms with Crippen LogP contribution in [0.4, 0.5) is 0 Å². The Kier molecular flexibility index (Phi) is 5.70. The Morgan fingerprint density at radius 1 is 1.58 bits per heavy atom. The number of nitrogens with zero attached hydrogens (tertiary/aromatic N) is 2. The van der Waals surface area contributed by atoms with Crippen molar-refractivity contribution in [3.8, 4) is 0 Å². The monoisotopic (exact) mass is 281 g/mol. The van der Waals surface area contributed by atoms with Gasteiger partial charge in [0.05, 0.1) is 6.01 Å². The smallest absolute Gasteiger partial charge is 0.120 e. The Morgan fingerprint density at radius 2 is 2.17 bits per heavy atom. The molecule has 1 unspecified atom stereocenters. The van der Waals surface area contributed by atoms with Gasteiger partial charge < -0.3 is 4.90 Å². The average molecular weight is 281 g/mol. The lowest BCUT2D eigenvalue weighted by atomic mass is 10.2. The highest BCUT2D eigenvalue weighted by molar-refractivity contribution is 14.1. The number of rotatable bonds is 5. The van der Waals surface area contributed by atoms with E-state index in [1.54, 1.807) is 0 Å². The summed E-state index contributed by atoms with van der Waals surface area (Å²) in [4.78, 5) is 6.09. The van der Waals surface area contributed by atoms with E-state index in [2.05, 4.69) is 52.6 Å². The molecular weight excluding hydrogens is 265 g/mol. The van der Waals surface area contributed by atoms with Gasteiger partial charge >= 0.3 is 0 Å². The topological polar surface area (TPSA) is 39.5 Å². The molecule has 0 aromatic rings. The summed E-state index contributed by atoms with van der Waals surface area (Å²) in [5.41, 5.74) is 0. The lowest BCUT2D eigenvalue weighted by Crippen LogP contribution is -2.18. The highest BCUT2D eigenvalue weighted by Crippen LogP contribution is 2.24. The van der Waals surface area contributed by atoms with Gasteiger partial charge in [0, 0.05) is 0 Å². The van der Waals surface area contributed by atoms with Gasteiger partial charge in [-0.2, -0.15) is 0 Å².